The highest BCUT2D eigenvalue weighted by atomic mass is 16.5. The molecule has 3 rings (SSSR count). The Balaban J connectivity index is 1.47. The van der Waals surface area contributed by atoms with Crippen molar-refractivity contribution in [2.24, 2.45) is 5.41 Å². The Morgan fingerprint density at radius 3 is 2.35 bits per heavy atom. The van der Waals surface area contributed by atoms with E-state index in [1.807, 2.05) is 42.5 Å². The average Bonchev–Trinajstić information content (AvgIpc) is 2.72. The van der Waals surface area contributed by atoms with Crippen molar-refractivity contribution in [3.05, 3.63) is 54.6 Å². The normalized spacial score (nSPS) is 16.0. The predicted octanol–water partition coefficient (Wildman–Crippen LogP) is 2.64. The number of carbonyl (C=O) groups is 1. The summed E-state index contributed by atoms with van der Waals surface area (Å²) >= 11 is 0. The van der Waals surface area contributed by atoms with Crippen molar-refractivity contribution in [2.75, 3.05) is 33.0 Å². The largest absolute Gasteiger partial charge is 0.484 e. The molecule has 0 spiro atoms. The topological polar surface area (TPSA) is 67.8 Å². The molecule has 1 amide bonds. The number of hydrogen-bond donors (Lipinski definition) is 2. The highest BCUT2D eigenvalue weighted by molar-refractivity contribution is 5.77. The van der Waals surface area contributed by atoms with E-state index in [9.17, 15) is 9.90 Å². The van der Waals surface area contributed by atoms with Gasteiger partial charge in [0.1, 0.15) is 5.75 Å². The minimum Gasteiger partial charge on any atom is -0.484 e. The maximum Gasteiger partial charge on any atom is 0.257 e. The molecule has 1 aliphatic rings. The van der Waals surface area contributed by atoms with Crippen LogP contribution in [0.4, 0.5) is 0 Å². The van der Waals surface area contributed by atoms with E-state index in [4.69, 9.17) is 9.47 Å². The van der Waals surface area contributed by atoms with E-state index in [-0.39, 0.29) is 24.5 Å². The van der Waals surface area contributed by atoms with Crippen LogP contribution in [0.25, 0.3) is 11.1 Å². The molecule has 0 saturated carbocycles. The molecule has 2 aromatic rings. The molecule has 1 saturated heterocycles. The van der Waals surface area contributed by atoms with Gasteiger partial charge in [-0.1, -0.05) is 42.5 Å². The summed E-state index contributed by atoms with van der Waals surface area (Å²) in [6.07, 6.45) is 1.51. The fraction of sp³-hybridized carbons (Fsp3) is 0.381. The minimum absolute atomic E-state index is 0.0390. The Morgan fingerprint density at radius 2 is 1.69 bits per heavy atom. The number of nitrogens with one attached hydrogen (secondary N) is 1. The van der Waals surface area contributed by atoms with Crippen LogP contribution in [-0.4, -0.2) is 44.0 Å². The molecule has 26 heavy (non-hydrogen) atoms. The van der Waals surface area contributed by atoms with Crippen LogP contribution in [0.1, 0.15) is 12.8 Å². The maximum atomic E-state index is 12.1. The summed E-state index contributed by atoms with van der Waals surface area (Å²) in [6.45, 7) is 1.71. The van der Waals surface area contributed by atoms with Crippen molar-refractivity contribution in [3.63, 3.8) is 0 Å². The van der Waals surface area contributed by atoms with Gasteiger partial charge in [0.25, 0.3) is 5.91 Å². The van der Waals surface area contributed by atoms with Gasteiger partial charge in [0, 0.05) is 25.2 Å². The van der Waals surface area contributed by atoms with E-state index in [0.29, 0.717) is 25.5 Å². The second-order valence-corrected chi connectivity index (χ2v) is 6.73. The predicted molar refractivity (Wildman–Crippen MR) is 100.0 cm³/mol. The van der Waals surface area contributed by atoms with E-state index >= 15 is 0 Å². The molecule has 0 aromatic heterocycles. The smallest absolute Gasteiger partial charge is 0.257 e. The van der Waals surface area contributed by atoms with Crippen LogP contribution >= 0.6 is 0 Å². The van der Waals surface area contributed by atoms with Crippen molar-refractivity contribution in [1.82, 2.24) is 5.32 Å². The van der Waals surface area contributed by atoms with Gasteiger partial charge in [-0.3, -0.25) is 4.79 Å². The third kappa shape index (κ3) is 4.84. The molecule has 0 radical (unpaired) electrons. The summed E-state index contributed by atoms with van der Waals surface area (Å²) in [7, 11) is 0. The standard InChI is InChI=1S/C21H25NO4/c23-16-21(10-12-25-13-11-21)15-22-20(24)14-26-19-8-6-18(7-9-19)17-4-2-1-3-5-17/h1-9,23H,10-16H2,(H,22,24). The number of aliphatic hydroxyl groups is 1. The molecule has 2 N–H and O–H groups in total. The fourth-order valence-electron chi connectivity index (χ4n) is 3.06. The van der Waals surface area contributed by atoms with E-state index in [2.05, 4.69) is 17.4 Å². The van der Waals surface area contributed by atoms with Crippen molar-refractivity contribution in [1.29, 1.82) is 0 Å². The minimum atomic E-state index is -0.273. The Morgan fingerprint density at radius 1 is 1.04 bits per heavy atom. The van der Waals surface area contributed by atoms with Gasteiger partial charge in [-0.05, 0) is 36.1 Å². The summed E-state index contributed by atoms with van der Waals surface area (Å²) in [5, 5.41) is 12.5. The summed E-state index contributed by atoms with van der Waals surface area (Å²) in [6, 6.07) is 17.8. The molecule has 138 valence electrons. The van der Waals surface area contributed by atoms with Crippen LogP contribution in [0.2, 0.25) is 0 Å². The zero-order valence-electron chi connectivity index (χ0n) is 14.8. The van der Waals surface area contributed by atoms with E-state index in [0.717, 1.165) is 24.0 Å². The summed E-state index contributed by atoms with van der Waals surface area (Å²) < 4.78 is 10.9. The number of aliphatic hydroxyl groups excluding tert-OH is 1. The lowest BCUT2D eigenvalue weighted by molar-refractivity contribution is -0.124. The molecular formula is C21H25NO4. The molecule has 1 fully saturated rings. The lowest BCUT2D eigenvalue weighted by Gasteiger charge is -2.35. The zero-order valence-corrected chi connectivity index (χ0v) is 14.8. The Kier molecular flexibility index (Phi) is 6.26. The molecule has 0 unspecified atom stereocenters. The van der Waals surface area contributed by atoms with E-state index in [1.165, 1.54) is 0 Å². The first kappa shape index (κ1) is 18.4. The van der Waals surface area contributed by atoms with Crippen LogP contribution in [0.15, 0.2) is 54.6 Å². The first-order valence-corrected chi connectivity index (χ1v) is 8.94. The van der Waals surface area contributed by atoms with Crippen LogP contribution < -0.4 is 10.1 Å². The highest BCUT2D eigenvalue weighted by Gasteiger charge is 2.32. The van der Waals surface area contributed by atoms with E-state index < -0.39 is 0 Å². The number of amides is 1. The lowest BCUT2D eigenvalue weighted by Crippen LogP contribution is -2.44. The second-order valence-electron chi connectivity index (χ2n) is 6.73. The van der Waals surface area contributed by atoms with Crippen molar-refractivity contribution in [3.8, 4) is 16.9 Å². The summed E-state index contributed by atoms with van der Waals surface area (Å²) in [4.78, 5) is 12.1. The number of rotatable bonds is 7. The van der Waals surface area contributed by atoms with Gasteiger partial charge in [0.05, 0.1) is 6.61 Å². The second kappa shape index (κ2) is 8.83. The van der Waals surface area contributed by atoms with Gasteiger partial charge >= 0.3 is 0 Å². The van der Waals surface area contributed by atoms with Crippen LogP contribution in [0.5, 0.6) is 5.75 Å². The van der Waals surface area contributed by atoms with Gasteiger partial charge < -0.3 is 19.9 Å². The molecule has 1 heterocycles. The van der Waals surface area contributed by atoms with Crippen LogP contribution in [0, 0.1) is 5.41 Å². The van der Waals surface area contributed by atoms with Gasteiger partial charge in [0.15, 0.2) is 6.61 Å². The summed E-state index contributed by atoms with van der Waals surface area (Å²) in [5.74, 6) is 0.472. The average molecular weight is 355 g/mol. The Labute approximate surface area is 153 Å². The summed E-state index contributed by atoms with van der Waals surface area (Å²) in [5.41, 5.74) is 1.97. The lowest BCUT2D eigenvalue weighted by atomic mass is 9.81. The van der Waals surface area contributed by atoms with Gasteiger partial charge in [-0.2, -0.15) is 0 Å². The molecule has 0 atom stereocenters. The van der Waals surface area contributed by atoms with Gasteiger partial charge in [-0.15, -0.1) is 0 Å². The quantitative estimate of drug-likeness (QED) is 0.801. The maximum absolute atomic E-state index is 12.1. The van der Waals surface area contributed by atoms with Gasteiger partial charge in [-0.25, -0.2) is 0 Å². The zero-order chi connectivity index (χ0) is 18.2. The molecule has 5 heteroatoms. The van der Waals surface area contributed by atoms with Gasteiger partial charge in [0.2, 0.25) is 0 Å². The first-order chi connectivity index (χ1) is 12.7. The number of ether oxygens (including phenoxy) is 2. The SMILES string of the molecule is O=C(COc1ccc(-c2ccccc2)cc1)NCC1(CO)CCOCC1. The molecule has 1 aliphatic heterocycles. The molecule has 0 aliphatic carbocycles. The monoisotopic (exact) mass is 355 g/mol. The fourth-order valence-corrected chi connectivity index (χ4v) is 3.06. The Bertz CT molecular complexity index is 694. The van der Waals surface area contributed by atoms with Crippen molar-refractivity contribution < 1.29 is 19.4 Å². The molecule has 5 nitrogen and oxygen atoms in total. The number of benzene rings is 2. The van der Waals surface area contributed by atoms with E-state index in [1.54, 1.807) is 0 Å². The first-order valence-electron chi connectivity index (χ1n) is 8.94. The number of hydrogen-bond acceptors (Lipinski definition) is 4. The molecular weight excluding hydrogens is 330 g/mol. The third-order valence-corrected chi connectivity index (χ3v) is 4.88. The molecule has 0 bridgehead atoms. The highest BCUT2D eigenvalue weighted by Crippen LogP contribution is 2.29. The number of carbonyl (C=O) groups excluding carboxylic acids is 1. The third-order valence-electron chi connectivity index (χ3n) is 4.88. The Hall–Kier alpha value is -2.37. The van der Waals surface area contributed by atoms with Crippen molar-refractivity contribution in [2.45, 2.75) is 12.8 Å². The van der Waals surface area contributed by atoms with Crippen LogP contribution in [0.3, 0.4) is 0 Å². The van der Waals surface area contributed by atoms with Crippen molar-refractivity contribution >= 4 is 5.91 Å². The molecule has 2 aromatic carbocycles. The van der Waals surface area contributed by atoms with Crippen LogP contribution in [-0.2, 0) is 9.53 Å².